The lowest BCUT2D eigenvalue weighted by Gasteiger charge is -2.27. The summed E-state index contributed by atoms with van der Waals surface area (Å²) in [4.78, 5) is 39.6. The molecule has 2 N–H and O–H groups in total. The van der Waals surface area contributed by atoms with E-state index in [9.17, 15) is 19.5 Å². The van der Waals surface area contributed by atoms with E-state index in [1.165, 1.54) is 6.08 Å². The van der Waals surface area contributed by atoms with Gasteiger partial charge in [0.2, 0.25) is 5.91 Å². The maximum Gasteiger partial charge on any atom is 0.329 e. The summed E-state index contributed by atoms with van der Waals surface area (Å²) in [7, 11) is 0. The highest BCUT2D eigenvalue weighted by Crippen LogP contribution is 2.33. The van der Waals surface area contributed by atoms with Gasteiger partial charge < -0.3 is 15.3 Å². The van der Waals surface area contributed by atoms with Crippen LogP contribution in [0.1, 0.15) is 24.8 Å². The van der Waals surface area contributed by atoms with Gasteiger partial charge in [-0.05, 0) is 53.4 Å². The minimum absolute atomic E-state index is 0.0155. The van der Waals surface area contributed by atoms with E-state index < -0.39 is 11.9 Å². The minimum atomic E-state index is -0.639. The molecule has 0 saturated carbocycles. The Balaban J connectivity index is 1.77. The Kier molecular flexibility index (Phi) is 5.67. The molecule has 0 radical (unpaired) electrons. The Morgan fingerprint density at radius 3 is 2.58 bits per heavy atom. The number of carbonyl (C=O) groups is 3. The van der Waals surface area contributed by atoms with Crippen molar-refractivity contribution < 1.29 is 19.5 Å². The van der Waals surface area contributed by atoms with E-state index in [4.69, 9.17) is 0 Å². The number of hydrogen-bond donors (Lipinski definition) is 2. The molecule has 0 aromatic heterocycles. The molecule has 0 atom stereocenters. The molecule has 0 unspecified atom stereocenters. The summed E-state index contributed by atoms with van der Waals surface area (Å²) in [6.07, 6.45) is 4.35. The third kappa shape index (κ3) is 3.93. The van der Waals surface area contributed by atoms with Gasteiger partial charge in [-0.15, -0.1) is 0 Å². The first-order valence-electron chi connectivity index (χ1n) is 8.17. The van der Waals surface area contributed by atoms with Gasteiger partial charge in [0, 0.05) is 23.1 Å². The van der Waals surface area contributed by atoms with Gasteiger partial charge in [-0.2, -0.15) is 0 Å². The van der Waals surface area contributed by atoms with Crippen molar-refractivity contribution in [1.29, 1.82) is 0 Å². The monoisotopic (exact) mass is 485 g/mol. The van der Waals surface area contributed by atoms with Crippen LogP contribution in [0.15, 0.2) is 26.8 Å². The number of nitrogens with zero attached hydrogens (tertiary/aromatic N) is 2. The maximum absolute atomic E-state index is 12.5. The van der Waals surface area contributed by atoms with Crippen molar-refractivity contribution in [2.24, 2.45) is 0 Å². The Labute approximate surface area is 167 Å². The topological polar surface area (TPSA) is 90.0 Å². The third-order valence-corrected chi connectivity index (χ3v) is 5.38. The number of benzene rings is 1. The molecular weight excluding hydrogens is 470 g/mol. The van der Waals surface area contributed by atoms with Crippen molar-refractivity contribution >= 4 is 55.8 Å². The number of phenols is 1. The van der Waals surface area contributed by atoms with Crippen LogP contribution in [-0.4, -0.2) is 52.4 Å². The summed E-state index contributed by atoms with van der Waals surface area (Å²) in [6, 6.07) is 2.64. The first-order valence-corrected chi connectivity index (χ1v) is 9.76. The van der Waals surface area contributed by atoms with Crippen LogP contribution in [0.3, 0.4) is 0 Å². The minimum Gasteiger partial charge on any atom is -0.506 e. The van der Waals surface area contributed by atoms with Crippen molar-refractivity contribution in [3.8, 4) is 5.75 Å². The number of likely N-dealkylation sites (tertiary alicyclic amines) is 1. The number of hydrogen-bond acceptors (Lipinski definition) is 4. The standard InChI is InChI=1S/C17H17Br2N3O4/c18-11-6-10(15(24)12(19)8-11)7-13-16(25)22(17(26)20-13)9-14(23)21-4-2-1-3-5-21/h6-8,24H,1-5,9H2,(H,20,26)/b13-7-. The zero-order chi connectivity index (χ0) is 18.8. The predicted molar refractivity (Wildman–Crippen MR) is 102 cm³/mol. The molecule has 1 aromatic rings. The SMILES string of the molecule is O=C(CN1C(=O)N/C(=C\c2cc(Br)cc(Br)c2O)C1=O)N1CCCCC1. The predicted octanol–water partition coefficient (Wildman–Crippen LogP) is 2.82. The highest BCUT2D eigenvalue weighted by atomic mass is 79.9. The van der Waals surface area contributed by atoms with E-state index in [-0.39, 0.29) is 23.9 Å². The molecule has 26 heavy (non-hydrogen) atoms. The van der Waals surface area contributed by atoms with Crippen molar-refractivity contribution in [1.82, 2.24) is 15.1 Å². The summed E-state index contributed by atoms with van der Waals surface area (Å²) in [5.41, 5.74) is 0.376. The number of imide groups is 1. The number of halogens is 2. The molecule has 0 spiro atoms. The smallest absolute Gasteiger partial charge is 0.329 e. The van der Waals surface area contributed by atoms with E-state index in [1.807, 2.05) is 0 Å². The van der Waals surface area contributed by atoms with Gasteiger partial charge in [-0.25, -0.2) is 9.69 Å². The van der Waals surface area contributed by atoms with Gasteiger partial charge in [0.15, 0.2) is 0 Å². The first-order chi connectivity index (χ1) is 12.4. The highest BCUT2D eigenvalue weighted by Gasteiger charge is 2.36. The fourth-order valence-corrected chi connectivity index (χ4v) is 4.20. The van der Waals surface area contributed by atoms with Crippen molar-refractivity contribution in [3.63, 3.8) is 0 Å². The van der Waals surface area contributed by atoms with Crippen LogP contribution in [0.4, 0.5) is 4.79 Å². The summed E-state index contributed by atoms with van der Waals surface area (Å²) in [5, 5.41) is 12.6. The van der Waals surface area contributed by atoms with E-state index in [0.29, 0.717) is 27.6 Å². The van der Waals surface area contributed by atoms with Gasteiger partial charge >= 0.3 is 6.03 Å². The number of aromatic hydroxyl groups is 1. The van der Waals surface area contributed by atoms with Crippen LogP contribution in [0, 0.1) is 0 Å². The van der Waals surface area contributed by atoms with Crippen LogP contribution < -0.4 is 5.32 Å². The quantitative estimate of drug-likeness (QED) is 0.507. The molecule has 138 valence electrons. The largest absolute Gasteiger partial charge is 0.506 e. The second-order valence-corrected chi connectivity index (χ2v) is 7.92. The highest BCUT2D eigenvalue weighted by molar-refractivity contribution is 9.11. The second kappa shape index (κ2) is 7.79. The first kappa shape index (κ1) is 18.9. The molecule has 2 saturated heterocycles. The summed E-state index contributed by atoms with van der Waals surface area (Å²) in [5.74, 6) is -0.871. The average molecular weight is 487 g/mol. The summed E-state index contributed by atoms with van der Waals surface area (Å²) < 4.78 is 1.15. The Morgan fingerprint density at radius 2 is 1.88 bits per heavy atom. The van der Waals surface area contributed by atoms with Crippen molar-refractivity contribution in [3.05, 3.63) is 32.3 Å². The molecule has 2 aliphatic rings. The summed E-state index contributed by atoms with van der Waals surface area (Å²) >= 11 is 6.53. The number of carbonyl (C=O) groups excluding carboxylic acids is 3. The van der Waals surface area contributed by atoms with E-state index in [1.54, 1.807) is 17.0 Å². The molecule has 1 aromatic carbocycles. The van der Waals surface area contributed by atoms with Crippen LogP contribution in [0.5, 0.6) is 5.75 Å². The molecule has 7 nitrogen and oxygen atoms in total. The molecular formula is C17H17Br2N3O4. The Morgan fingerprint density at radius 1 is 1.19 bits per heavy atom. The Bertz CT molecular complexity index is 803. The molecule has 0 aliphatic carbocycles. The number of piperidine rings is 1. The van der Waals surface area contributed by atoms with Gasteiger partial charge in [-0.3, -0.25) is 9.59 Å². The van der Waals surface area contributed by atoms with E-state index in [0.717, 1.165) is 24.2 Å². The van der Waals surface area contributed by atoms with Crippen LogP contribution in [-0.2, 0) is 9.59 Å². The van der Waals surface area contributed by atoms with E-state index in [2.05, 4.69) is 37.2 Å². The van der Waals surface area contributed by atoms with Crippen LogP contribution in [0.25, 0.3) is 6.08 Å². The molecule has 4 amide bonds. The van der Waals surface area contributed by atoms with E-state index >= 15 is 0 Å². The summed E-state index contributed by atoms with van der Waals surface area (Å²) in [6.45, 7) is 1.03. The van der Waals surface area contributed by atoms with Crippen LogP contribution >= 0.6 is 31.9 Å². The second-order valence-electron chi connectivity index (χ2n) is 6.15. The van der Waals surface area contributed by atoms with Gasteiger partial charge in [0.1, 0.15) is 18.0 Å². The molecule has 2 heterocycles. The number of urea groups is 1. The molecule has 3 rings (SSSR count). The average Bonchev–Trinajstić information content (AvgIpc) is 2.87. The lowest BCUT2D eigenvalue weighted by Crippen LogP contribution is -2.44. The van der Waals surface area contributed by atoms with Gasteiger partial charge in [0.05, 0.1) is 4.47 Å². The lowest BCUT2D eigenvalue weighted by molar-refractivity contribution is -0.136. The zero-order valence-electron chi connectivity index (χ0n) is 13.8. The van der Waals surface area contributed by atoms with Gasteiger partial charge in [0.25, 0.3) is 5.91 Å². The fourth-order valence-electron chi connectivity index (χ4n) is 2.95. The molecule has 2 aliphatic heterocycles. The zero-order valence-corrected chi connectivity index (χ0v) is 17.0. The molecule has 0 bridgehead atoms. The lowest BCUT2D eigenvalue weighted by atomic mass is 10.1. The van der Waals surface area contributed by atoms with Crippen molar-refractivity contribution in [2.75, 3.05) is 19.6 Å². The maximum atomic E-state index is 12.5. The molecule has 9 heteroatoms. The number of nitrogens with one attached hydrogen (secondary N) is 1. The number of amides is 4. The van der Waals surface area contributed by atoms with Gasteiger partial charge in [-0.1, -0.05) is 15.9 Å². The normalized spacial score (nSPS) is 19.2. The number of rotatable bonds is 3. The fraction of sp³-hybridized carbons (Fsp3) is 0.353. The van der Waals surface area contributed by atoms with Crippen molar-refractivity contribution in [2.45, 2.75) is 19.3 Å². The van der Waals surface area contributed by atoms with Crippen LogP contribution in [0.2, 0.25) is 0 Å². The Hall–Kier alpha value is -1.87. The molecule has 2 fully saturated rings. The third-order valence-electron chi connectivity index (χ3n) is 4.32. The number of phenolic OH excluding ortho intramolecular Hbond substituents is 1.